The van der Waals surface area contributed by atoms with E-state index in [9.17, 15) is 23.4 Å². The number of hydrogen-bond acceptors (Lipinski definition) is 7. The number of aliphatic hydroxyl groups excluding tert-OH is 1. The number of ether oxygens (including phenoxy) is 2. The molecule has 10 heteroatoms. The lowest BCUT2D eigenvalue weighted by molar-refractivity contribution is 0.0752. The van der Waals surface area contributed by atoms with Gasteiger partial charge in [0.05, 0.1) is 29.7 Å². The third kappa shape index (κ3) is 7.72. The fourth-order valence-corrected chi connectivity index (χ4v) is 5.94. The highest BCUT2D eigenvalue weighted by Gasteiger charge is 2.31. The van der Waals surface area contributed by atoms with Crippen LogP contribution >= 0.6 is 0 Å². The summed E-state index contributed by atoms with van der Waals surface area (Å²) in [6.07, 6.45) is 5.43. The number of nitrogens with one attached hydrogen (secondary N) is 1. The number of methoxy groups -OCH3 is 1. The van der Waals surface area contributed by atoms with Crippen LogP contribution in [0, 0.1) is 5.92 Å². The van der Waals surface area contributed by atoms with Crippen molar-refractivity contribution in [3.8, 4) is 17.2 Å². The predicted molar refractivity (Wildman–Crippen MR) is 145 cm³/mol. The lowest BCUT2D eigenvalue weighted by Gasteiger charge is -2.31. The smallest absolute Gasteiger partial charge is 0.255 e. The van der Waals surface area contributed by atoms with Crippen LogP contribution in [0.3, 0.4) is 0 Å². The average Bonchev–Trinajstić information content (AvgIpc) is 2.90. The van der Waals surface area contributed by atoms with Crippen LogP contribution in [0.4, 0.5) is 0 Å². The Kier molecular flexibility index (Phi) is 10.6. The molecule has 0 aliphatic carbocycles. The molecule has 0 unspecified atom stereocenters. The second-order valence-electron chi connectivity index (χ2n) is 9.76. The number of rotatable bonds is 8. The zero-order chi connectivity index (χ0) is 27.7. The number of hydrogen-bond donors (Lipinski definition) is 3. The van der Waals surface area contributed by atoms with Gasteiger partial charge in [-0.15, -0.1) is 0 Å². The van der Waals surface area contributed by atoms with Crippen molar-refractivity contribution in [1.82, 2.24) is 9.62 Å². The Morgan fingerprint density at radius 1 is 1.11 bits per heavy atom. The average molecular weight is 547 g/mol. The van der Waals surface area contributed by atoms with E-state index in [1.807, 2.05) is 26.0 Å². The van der Waals surface area contributed by atoms with Gasteiger partial charge >= 0.3 is 0 Å². The lowest BCUT2D eigenvalue weighted by atomic mass is 10.0. The van der Waals surface area contributed by atoms with Crippen molar-refractivity contribution in [3.05, 3.63) is 60.2 Å². The summed E-state index contributed by atoms with van der Waals surface area (Å²) >= 11 is 0. The SMILES string of the molecule is COc1ccc(S(=O)(=O)N(CC(C)C)C[C@@H](O)[C@@H]2CCCC/C=C\COc3c(O)cccc3C(=O)N2)cc1. The number of phenolic OH excluding ortho intramolecular Hbond substituents is 1. The molecule has 208 valence electrons. The summed E-state index contributed by atoms with van der Waals surface area (Å²) in [5.41, 5.74) is 0.139. The molecule has 38 heavy (non-hydrogen) atoms. The third-order valence-corrected chi connectivity index (χ3v) is 8.15. The summed E-state index contributed by atoms with van der Waals surface area (Å²) in [6.45, 7) is 4.01. The lowest BCUT2D eigenvalue weighted by Crippen LogP contribution is -2.50. The molecule has 1 amide bonds. The minimum absolute atomic E-state index is 0.00339. The molecule has 0 radical (unpaired) electrons. The minimum Gasteiger partial charge on any atom is -0.504 e. The monoisotopic (exact) mass is 546 g/mol. The van der Waals surface area contributed by atoms with Gasteiger partial charge in [-0.05, 0) is 61.6 Å². The van der Waals surface area contributed by atoms with Gasteiger partial charge in [-0.3, -0.25) is 4.79 Å². The maximum atomic E-state index is 13.5. The Bertz CT molecular complexity index is 1200. The van der Waals surface area contributed by atoms with E-state index in [2.05, 4.69) is 5.32 Å². The van der Waals surface area contributed by atoms with E-state index in [-0.39, 0.29) is 47.6 Å². The Morgan fingerprint density at radius 2 is 1.84 bits per heavy atom. The van der Waals surface area contributed by atoms with Gasteiger partial charge in [0.1, 0.15) is 12.4 Å². The largest absolute Gasteiger partial charge is 0.504 e. The van der Waals surface area contributed by atoms with E-state index in [4.69, 9.17) is 9.47 Å². The van der Waals surface area contributed by atoms with E-state index >= 15 is 0 Å². The molecule has 0 saturated heterocycles. The number of allylic oxidation sites excluding steroid dienone is 1. The molecule has 1 aliphatic heterocycles. The second-order valence-corrected chi connectivity index (χ2v) is 11.7. The number of amides is 1. The molecule has 0 saturated carbocycles. The second kappa shape index (κ2) is 13.6. The number of para-hydroxylation sites is 1. The van der Waals surface area contributed by atoms with Gasteiger partial charge in [-0.2, -0.15) is 4.31 Å². The molecular weight excluding hydrogens is 508 g/mol. The Balaban J connectivity index is 1.87. The van der Waals surface area contributed by atoms with Crippen LogP contribution in [0.5, 0.6) is 17.2 Å². The van der Waals surface area contributed by atoms with Crippen molar-refractivity contribution in [1.29, 1.82) is 0 Å². The number of carbonyl (C=O) groups is 1. The number of benzene rings is 2. The van der Waals surface area contributed by atoms with Gasteiger partial charge in [0.25, 0.3) is 5.91 Å². The first-order valence-electron chi connectivity index (χ1n) is 12.9. The van der Waals surface area contributed by atoms with Crippen LogP contribution in [-0.2, 0) is 10.0 Å². The highest BCUT2D eigenvalue weighted by atomic mass is 32.2. The number of aliphatic hydroxyl groups is 1. The van der Waals surface area contributed by atoms with Crippen molar-refractivity contribution in [2.24, 2.45) is 5.92 Å². The molecule has 2 atom stereocenters. The summed E-state index contributed by atoms with van der Waals surface area (Å²) < 4.78 is 39.1. The number of fused-ring (bicyclic) bond motifs is 1. The molecule has 1 aliphatic rings. The maximum Gasteiger partial charge on any atom is 0.255 e. The molecule has 0 fully saturated rings. The maximum absolute atomic E-state index is 13.5. The van der Waals surface area contributed by atoms with Crippen LogP contribution in [0.15, 0.2) is 59.5 Å². The van der Waals surface area contributed by atoms with E-state index in [1.165, 1.54) is 35.7 Å². The van der Waals surface area contributed by atoms with E-state index in [0.29, 0.717) is 12.2 Å². The van der Waals surface area contributed by atoms with Crippen molar-refractivity contribution in [3.63, 3.8) is 0 Å². The van der Waals surface area contributed by atoms with Crippen LogP contribution in [0.2, 0.25) is 0 Å². The number of nitrogens with zero attached hydrogens (tertiary/aromatic N) is 1. The van der Waals surface area contributed by atoms with Crippen molar-refractivity contribution >= 4 is 15.9 Å². The first-order valence-corrected chi connectivity index (χ1v) is 14.3. The standard InChI is InChI=1S/C28H38N2O7S/c1-20(2)18-30(38(34,35)22-15-13-21(36-3)14-16-22)19-26(32)24-11-7-5-4-6-8-17-37-27-23(28(33)29-24)10-9-12-25(27)31/h6,8-10,12-16,20,24,26,31-32H,4-5,7,11,17-19H2,1-3H3,(H,29,33)/b8-6-/t24-,26+/m0/s1. The number of aromatic hydroxyl groups is 1. The molecular formula is C28H38N2O7S. The normalized spacial score (nSPS) is 18.8. The number of carbonyl (C=O) groups excluding carboxylic acids is 1. The zero-order valence-corrected chi connectivity index (χ0v) is 23.0. The summed E-state index contributed by atoms with van der Waals surface area (Å²) in [5, 5.41) is 24.4. The van der Waals surface area contributed by atoms with Crippen LogP contribution < -0.4 is 14.8 Å². The van der Waals surface area contributed by atoms with E-state index < -0.39 is 28.1 Å². The summed E-state index contributed by atoms with van der Waals surface area (Å²) in [4.78, 5) is 13.3. The third-order valence-electron chi connectivity index (χ3n) is 6.30. The summed E-state index contributed by atoms with van der Waals surface area (Å²) in [5.74, 6) is -0.0751. The molecule has 2 aromatic rings. The molecule has 3 rings (SSSR count). The number of sulfonamides is 1. The fraction of sp³-hybridized carbons (Fsp3) is 0.464. The molecule has 9 nitrogen and oxygen atoms in total. The van der Waals surface area contributed by atoms with Crippen LogP contribution in [0.1, 0.15) is 49.9 Å². The number of phenols is 1. The molecule has 3 N–H and O–H groups in total. The van der Waals surface area contributed by atoms with Gasteiger partial charge in [-0.25, -0.2) is 8.42 Å². The fourth-order valence-electron chi connectivity index (χ4n) is 4.32. The molecule has 0 bridgehead atoms. The highest BCUT2D eigenvalue weighted by Crippen LogP contribution is 2.30. The summed E-state index contributed by atoms with van der Waals surface area (Å²) in [6, 6.07) is 9.92. The molecule has 1 heterocycles. The Hall–Kier alpha value is -3.08. The minimum atomic E-state index is -3.92. The van der Waals surface area contributed by atoms with Gasteiger partial charge in [0.15, 0.2) is 11.5 Å². The Morgan fingerprint density at radius 3 is 2.53 bits per heavy atom. The van der Waals surface area contributed by atoms with Crippen molar-refractivity contribution in [2.75, 3.05) is 26.8 Å². The summed E-state index contributed by atoms with van der Waals surface area (Å²) in [7, 11) is -2.42. The highest BCUT2D eigenvalue weighted by molar-refractivity contribution is 7.89. The first kappa shape index (κ1) is 29.5. The molecule has 2 aromatic carbocycles. The molecule has 0 aromatic heterocycles. The predicted octanol–water partition coefficient (Wildman–Crippen LogP) is 3.72. The first-order chi connectivity index (χ1) is 18.1. The van der Waals surface area contributed by atoms with Gasteiger partial charge < -0.3 is 25.0 Å². The van der Waals surface area contributed by atoms with E-state index in [1.54, 1.807) is 18.2 Å². The van der Waals surface area contributed by atoms with Crippen molar-refractivity contribution < 1.29 is 32.9 Å². The van der Waals surface area contributed by atoms with Crippen LogP contribution in [-0.4, -0.2) is 67.8 Å². The quantitative estimate of drug-likeness (QED) is 0.431. The molecule has 0 spiro atoms. The Labute approximate surface area is 225 Å². The van der Waals surface area contributed by atoms with E-state index in [0.717, 1.165) is 19.3 Å². The van der Waals surface area contributed by atoms with Gasteiger partial charge in [-0.1, -0.05) is 38.5 Å². The van der Waals surface area contributed by atoms with Crippen LogP contribution in [0.25, 0.3) is 0 Å². The topological polar surface area (TPSA) is 125 Å². The van der Waals surface area contributed by atoms with Gasteiger partial charge in [0.2, 0.25) is 10.0 Å². The van der Waals surface area contributed by atoms with Crippen molar-refractivity contribution in [2.45, 2.75) is 56.6 Å². The van der Waals surface area contributed by atoms with Gasteiger partial charge in [0, 0.05) is 13.1 Å². The zero-order valence-electron chi connectivity index (χ0n) is 22.2.